The number of methoxy groups -OCH3 is 1. The number of nitrogens with zero attached hydrogens (tertiary/aromatic N) is 2. The molecule has 0 fully saturated rings. The molecule has 0 bridgehead atoms. The van der Waals surface area contributed by atoms with Gasteiger partial charge in [0, 0.05) is 12.1 Å². The molecule has 2 N–H and O–H groups in total. The number of carbonyl (C=O) groups excluding carboxylic acids is 1. The number of amides is 1. The maximum Gasteiger partial charge on any atom is 0.207 e. The van der Waals surface area contributed by atoms with Crippen LogP contribution in [-0.2, 0) is 11.4 Å². The fourth-order valence-corrected chi connectivity index (χ4v) is 2.56. The van der Waals surface area contributed by atoms with E-state index in [2.05, 4.69) is 10.3 Å². The number of anilines is 1. The van der Waals surface area contributed by atoms with Gasteiger partial charge in [-0.1, -0.05) is 30.3 Å². The zero-order valence-electron chi connectivity index (χ0n) is 13.8. The van der Waals surface area contributed by atoms with Crippen molar-refractivity contribution in [2.75, 3.05) is 25.3 Å². The molecule has 3 rings (SSSR count). The Balaban J connectivity index is 1.85. The highest BCUT2D eigenvalue weighted by Crippen LogP contribution is 2.41. The molecule has 2 aromatic carbocycles. The molecule has 0 saturated heterocycles. The van der Waals surface area contributed by atoms with Crippen LogP contribution in [0.3, 0.4) is 0 Å². The van der Waals surface area contributed by atoms with Crippen molar-refractivity contribution in [1.29, 1.82) is 0 Å². The Morgan fingerprint density at radius 2 is 2.08 bits per heavy atom. The van der Waals surface area contributed by atoms with E-state index in [9.17, 15) is 10.0 Å². The van der Waals surface area contributed by atoms with Crippen LogP contribution in [-0.4, -0.2) is 37.5 Å². The molecule has 1 aliphatic rings. The van der Waals surface area contributed by atoms with Crippen LogP contribution < -0.4 is 19.9 Å². The normalized spacial score (nSPS) is 12.9. The number of hydrogen-bond donors (Lipinski definition) is 2. The molecule has 7 nitrogen and oxygen atoms in total. The number of ether oxygens (including phenoxy) is 2. The second kappa shape index (κ2) is 7.67. The van der Waals surface area contributed by atoms with E-state index < -0.39 is 0 Å². The number of rotatable bonds is 7. The van der Waals surface area contributed by atoms with Crippen LogP contribution in [0.5, 0.6) is 11.5 Å². The van der Waals surface area contributed by atoms with Crippen LogP contribution in [0.4, 0.5) is 11.4 Å². The van der Waals surface area contributed by atoms with E-state index in [-0.39, 0.29) is 13.1 Å². The Kier molecular flexibility index (Phi) is 5.15. The van der Waals surface area contributed by atoms with Crippen molar-refractivity contribution in [2.45, 2.75) is 6.61 Å². The van der Waals surface area contributed by atoms with Crippen LogP contribution in [0.1, 0.15) is 5.56 Å². The molecule has 0 saturated carbocycles. The lowest BCUT2D eigenvalue weighted by Crippen LogP contribution is -2.35. The summed E-state index contributed by atoms with van der Waals surface area (Å²) >= 11 is 0. The molecule has 1 amide bonds. The van der Waals surface area contributed by atoms with Crippen LogP contribution in [0.15, 0.2) is 47.5 Å². The molecule has 2 aromatic rings. The molecule has 7 heteroatoms. The second-order valence-electron chi connectivity index (χ2n) is 5.50. The third-order valence-corrected chi connectivity index (χ3v) is 3.78. The predicted octanol–water partition coefficient (Wildman–Crippen LogP) is 2.30. The minimum atomic E-state index is 0.207. The minimum Gasteiger partial charge on any atom is -0.493 e. The molecule has 0 aliphatic carbocycles. The summed E-state index contributed by atoms with van der Waals surface area (Å²) in [6.07, 6.45) is 0.598. The molecular weight excluding hydrogens is 322 g/mol. The van der Waals surface area contributed by atoms with Gasteiger partial charge in [0.2, 0.25) is 6.41 Å². The molecular formula is C18H19N3O4. The first kappa shape index (κ1) is 16.8. The topological polar surface area (TPSA) is 83.4 Å². The van der Waals surface area contributed by atoms with Crippen molar-refractivity contribution in [3.8, 4) is 11.5 Å². The predicted molar refractivity (Wildman–Crippen MR) is 94.1 cm³/mol. The first-order chi connectivity index (χ1) is 12.2. The quantitative estimate of drug-likeness (QED) is 0.755. The summed E-state index contributed by atoms with van der Waals surface area (Å²) in [4.78, 5) is 14.9. The molecule has 25 heavy (non-hydrogen) atoms. The Morgan fingerprint density at radius 3 is 2.80 bits per heavy atom. The molecule has 0 aromatic heterocycles. The van der Waals surface area contributed by atoms with Gasteiger partial charge in [0.05, 0.1) is 37.3 Å². The lowest BCUT2D eigenvalue weighted by Gasteiger charge is -2.26. The summed E-state index contributed by atoms with van der Waals surface area (Å²) in [5, 5.41) is 13.9. The third-order valence-electron chi connectivity index (χ3n) is 3.78. The summed E-state index contributed by atoms with van der Waals surface area (Å²) in [6.45, 7) is 0.867. The third kappa shape index (κ3) is 3.89. The van der Waals surface area contributed by atoms with Crippen LogP contribution in [0.25, 0.3) is 0 Å². The molecule has 1 aliphatic heterocycles. The first-order valence-corrected chi connectivity index (χ1v) is 7.80. The van der Waals surface area contributed by atoms with Gasteiger partial charge in [-0.2, -0.15) is 0 Å². The van der Waals surface area contributed by atoms with Crippen molar-refractivity contribution in [3.05, 3.63) is 48.0 Å². The van der Waals surface area contributed by atoms with E-state index in [0.717, 1.165) is 10.6 Å². The number of aliphatic imine (C=N–C) groups is 1. The minimum absolute atomic E-state index is 0.207. The summed E-state index contributed by atoms with van der Waals surface area (Å²) < 4.78 is 11.2. The lowest BCUT2D eigenvalue weighted by atomic mass is 10.1. The molecule has 0 atom stereocenters. The largest absolute Gasteiger partial charge is 0.493 e. The molecule has 1 heterocycles. The van der Waals surface area contributed by atoms with Crippen LogP contribution in [0, 0.1) is 0 Å². The number of nitrogens with one attached hydrogen (secondary N) is 1. The highest BCUT2D eigenvalue weighted by Gasteiger charge is 2.21. The van der Waals surface area contributed by atoms with E-state index in [1.165, 1.54) is 0 Å². The Hall–Kier alpha value is -3.06. The zero-order valence-corrected chi connectivity index (χ0v) is 13.8. The number of hydrogen-bond acceptors (Lipinski definition) is 6. The van der Waals surface area contributed by atoms with E-state index in [0.29, 0.717) is 41.6 Å². The monoisotopic (exact) mass is 341 g/mol. The molecule has 0 radical (unpaired) electrons. The van der Waals surface area contributed by atoms with E-state index >= 15 is 0 Å². The Labute approximate surface area is 145 Å². The van der Waals surface area contributed by atoms with Gasteiger partial charge in [0.15, 0.2) is 11.5 Å². The van der Waals surface area contributed by atoms with Gasteiger partial charge in [-0.15, -0.1) is 0 Å². The fourth-order valence-electron chi connectivity index (χ4n) is 2.56. The van der Waals surface area contributed by atoms with Crippen molar-refractivity contribution in [2.24, 2.45) is 4.99 Å². The van der Waals surface area contributed by atoms with E-state index in [1.54, 1.807) is 19.2 Å². The van der Waals surface area contributed by atoms with Crippen molar-refractivity contribution in [3.63, 3.8) is 0 Å². The van der Waals surface area contributed by atoms with Crippen LogP contribution >= 0.6 is 0 Å². The maximum atomic E-state index is 10.4. The van der Waals surface area contributed by atoms with Gasteiger partial charge < -0.3 is 14.8 Å². The lowest BCUT2D eigenvalue weighted by molar-refractivity contribution is -0.109. The molecule has 0 spiro atoms. The van der Waals surface area contributed by atoms with Gasteiger partial charge in [-0.3, -0.25) is 15.0 Å². The SMILES string of the molecule is COc1cc2c(cc1OCc1ccccc1)N(O)CC(CNC=O)=N2. The highest BCUT2D eigenvalue weighted by molar-refractivity contribution is 5.97. The van der Waals surface area contributed by atoms with Crippen molar-refractivity contribution >= 4 is 23.5 Å². The van der Waals surface area contributed by atoms with Crippen molar-refractivity contribution < 1.29 is 19.5 Å². The Morgan fingerprint density at radius 1 is 1.28 bits per heavy atom. The fraction of sp³-hybridized carbons (Fsp3) is 0.222. The van der Waals surface area contributed by atoms with Gasteiger partial charge in [0.1, 0.15) is 6.61 Å². The number of hydroxylamine groups is 1. The number of carbonyl (C=O) groups is 1. The summed E-state index contributed by atoms with van der Waals surface area (Å²) in [7, 11) is 1.55. The maximum absolute atomic E-state index is 10.4. The van der Waals surface area contributed by atoms with Crippen LogP contribution in [0.2, 0.25) is 0 Å². The van der Waals surface area contributed by atoms with Gasteiger partial charge in [-0.25, -0.2) is 5.06 Å². The zero-order chi connectivity index (χ0) is 17.6. The van der Waals surface area contributed by atoms with Crippen molar-refractivity contribution in [1.82, 2.24) is 5.32 Å². The van der Waals surface area contributed by atoms with E-state index in [4.69, 9.17) is 9.47 Å². The van der Waals surface area contributed by atoms with Gasteiger partial charge >= 0.3 is 0 Å². The standard InChI is InChI=1S/C18H19N3O4/c1-24-17-7-15-16(21(23)10-14(20-15)9-19-12-22)8-18(17)25-11-13-5-3-2-4-6-13/h2-8,12,23H,9-11H2,1H3,(H,19,22). The molecule has 0 unspecified atom stereocenters. The van der Waals surface area contributed by atoms with E-state index in [1.807, 2.05) is 30.3 Å². The number of benzene rings is 2. The van der Waals surface area contributed by atoms with Gasteiger partial charge in [0.25, 0.3) is 0 Å². The summed E-state index contributed by atoms with van der Waals surface area (Å²) in [6, 6.07) is 13.2. The smallest absolute Gasteiger partial charge is 0.207 e. The summed E-state index contributed by atoms with van der Waals surface area (Å²) in [5.41, 5.74) is 2.75. The number of fused-ring (bicyclic) bond motifs is 1. The Bertz CT molecular complexity index is 777. The first-order valence-electron chi connectivity index (χ1n) is 7.80. The average molecular weight is 341 g/mol. The highest BCUT2D eigenvalue weighted by atomic mass is 16.5. The van der Waals surface area contributed by atoms with Gasteiger partial charge in [-0.05, 0) is 5.56 Å². The average Bonchev–Trinajstić information content (AvgIpc) is 2.65. The second-order valence-corrected chi connectivity index (χ2v) is 5.50. The molecule has 130 valence electrons. The summed E-state index contributed by atoms with van der Waals surface area (Å²) in [5.74, 6) is 1.05.